The second-order valence-corrected chi connectivity index (χ2v) is 7.44. The van der Waals surface area contributed by atoms with Gasteiger partial charge in [0.1, 0.15) is 6.61 Å². The molecule has 5 nitrogen and oxygen atoms in total. The molecule has 1 aliphatic heterocycles. The maximum absolute atomic E-state index is 13.0. The van der Waals surface area contributed by atoms with E-state index in [1.807, 2.05) is 49.8 Å². The molecule has 1 fully saturated rings. The number of esters is 1. The van der Waals surface area contributed by atoms with Crippen molar-refractivity contribution in [1.82, 2.24) is 9.80 Å². The summed E-state index contributed by atoms with van der Waals surface area (Å²) in [6, 6.07) is 9.28. The van der Waals surface area contributed by atoms with Gasteiger partial charge in [0.25, 0.3) is 0 Å². The molecule has 0 saturated heterocycles. The Bertz CT molecular complexity index is 627. The van der Waals surface area contributed by atoms with Crippen LogP contribution in [0.5, 0.6) is 0 Å². The molecule has 142 valence electrons. The van der Waals surface area contributed by atoms with E-state index in [-0.39, 0.29) is 18.7 Å². The molecule has 5 heteroatoms. The third kappa shape index (κ3) is 3.73. The van der Waals surface area contributed by atoms with Crippen LogP contribution in [-0.2, 0) is 15.1 Å². The molecule has 1 aliphatic carbocycles. The number of hydrogen-bond donors (Lipinski definition) is 1. The zero-order valence-electron chi connectivity index (χ0n) is 15.8. The lowest BCUT2D eigenvalue weighted by Gasteiger charge is -2.37. The molecule has 1 aromatic rings. The van der Waals surface area contributed by atoms with Gasteiger partial charge in [-0.05, 0) is 25.3 Å². The monoisotopic (exact) mass is 358 g/mol. The smallest absolute Gasteiger partial charge is 0.343 e. The molecular formula is C21H30N2O3. The number of hydrogen-bond acceptors (Lipinski definition) is 5. The second kappa shape index (κ2) is 8.12. The van der Waals surface area contributed by atoms with E-state index < -0.39 is 11.6 Å². The molecule has 0 radical (unpaired) electrons. The van der Waals surface area contributed by atoms with Crippen LogP contribution < -0.4 is 0 Å². The molecule has 1 N–H and O–H groups in total. The first kappa shape index (κ1) is 18.8. The standard InChI is InChI=1S/C21H30N2O3/c1-17-22(2)13-14-23(17)15-16-26-20(24)21(25,18-9-5-3-6-10-18)19-11-7-4-8-12-19/h3,5-6,9-10,13-14,17,19,25H,4,7-8,11-12,15-16H2,1-2H3. The van der Waals surface area contributed by atoms with Crippen molar-refractivity contribution in [2.45, 2.75) is 50.8 Å². The van der Waals surface area contributed by atoms with Gasteiger partial charge in [0.2, 0.25) is 0 Å². The van der Waals surface area contributed by atoms with Crippen molar-refractivity contribution >= 4 is 5.97 Å². The third-order valence-corrected chi connectivity index (χ3v) is 5.87. The molecule has 1 aromatic carbocycles. The Hall–Kier alpha value is -2.01. The van der Waals surface area contributed by atoms with E-state index >= 15 is 0 Å². The Morgan fingerprint density at radius 1 is 1.19 bits per heavy atom. The zero-order valence-corrected chi connectivity index (χ0v) is 15.8. The summed E-state index contributed by atoms with van der Waals surface area (Å²) in [7, 11) is 2.02. The Labute approximate surface area is 156 Å². The van der Waals surface area contributed by atoms with Crippen molar-refractivity contribution in [3.63, 3.8) is 0 Å². The summed E-state index contributed by atoms with van der Waals surface area (Å²) in [6.07, 6.45) is 9.25. The van der Waals surface area contributed by atoms with Gasteiger partial charge in [-0.1, -0.05) is 49.6 Å². The number of nitrogens with zero attached hydrogens (tertiary/aromatic N) is 2. The van der Waals surface area contributed by atoms with Crippen molar-refractivity contribution in [1.29, 1.82) is 0 Å². The van der Waals surface area contributed by atoms with Gasteiger partial charge in [-0.2, -0.15) is 0 Å². The van der Waals surface area contributed by atoms with E-state index in [4.69, 9.17) is 4.74 Å². The van der Waals surface area contributed by atoms with Crippen molar-refractivity contribution in [3.05, 3.63) is 48.3 Å². The number of benzene rings is 1. The molecular weight excluding hydrogens is 328 g/mol. The average Bonchev–Trinajstić information content (AvgIpc) is 3.01. The van der Waals surface area contributed by atoms with Crippen LogP contribution in [-0.4, -0.2) is 47.2 Å². The number of carbonyl (C=O) groups excluding carboxylic acids is 1. The minimum atomic E-state index is -1.55. The van der Waals surface area contributed by atoms with E-state index in [0.717, 1.165) is 25.7 Å². The van der Waals surface area contributed by atoms with E-state index in [1.165, 1.54) is 6.42 Å². The average molecular weight is 358 g/mol. The third-order valence-electron chi connectivity index (χ3n) is 5.87. The summed E-state index contributed by atoms with van der Waals surface area (Å²) in [5.74, 6) is -0.595. The largest absolute Gasteiger partial charge is 0.461 e. The molecule has 3 rings (SSSR count). The van der Waals surface area contributed by atoms with Crippen LogP contribution in [0.25, 0.3) is 0 Å². The Kier molecular flexibility index (Phi) is 5.87. The first-order valence-corrected chi connectivity index (χ1v) is 9.64. The van der Waals surface area contributed by atoms with Crippen LogP contribution in [0.2, 0.25) is 0 Å². The number of aliphatic hydroxyl groups is 1. The van der Waals surface area contributed by atoms with Gasteiger partial charge in [0, 0.05) is 25.4 Å². The summed E-state index contributed by atoms with van der Waals surface area (Å²) in [5, 5.41) is 11.5. The van der Waals surface area contributed by atoms with E-state index in [1.54, 1.807) is 0 Å². The normalized spacial score (nSPS) is 23.1. The lowest BCUT2D eigenvalue weighted by molar-refractivity contribution is -0.176. The first-order valence-electron chi connectivity index (χ1n) is 9.64. The highest BCUT2D eigenvalue weighted by Crippen LogP contribution is 2.40. The molecule has 0 bridgehead atoms. The fraction of sp³-hybridized carbons (Fsp3) is 0.571. The molecule has 2 aliphatic rings. The van der Waals surface area contributed by atoms with Crippen LogP contribution in [0.1, 0.15) is 44.6 Å². The van der Waals surface area contributed by atoms with Crippen molar-refractivity contribution in [3.8, 4) is 0 Å². The lowest BCUT2D eigenvalue weighted by Crippen LogP contribution is -2.46. The molecule has 2 atom stereocenters. The molecule has 1 saturated carbocycles. The van der Waals surface area contributed by atoms with Crippen LogP contribution in [0, 0.1) is 5.92 Å². The van der Waals surface area contributed by atoms with E-state index in [0.29, 0.717) is 12.1 Å². The van der Waals surface area contributed by atoms with Crippen LogP contribution >= 0.6 is 0 Å². The Morgan fingerprint density at radius 3 is 2.50 bits per heavy atom. The predicted octanol–water partition coefficient (Wildman–Crippen LogP) is 3.06. The maximum Gasteiger partial charge on any atom is 0.343 e. The topological polar surface area (TPSA) is 53.0 Å². The maximum atomic E-state index is 13.0. The lowest BCUT2D eigenvalue weighted by atomic mass is 9.73. The molecule has 0 aromatic heterocycles. The van der Waals surface area contributed by atoms with Gasteiger partial charge in [-0.15, -0.1) is 0 Å². The van der Waals surface area contributed by atoms with Crippen molar-refractivity contribution < 1.29 is 14.6 Å². The summed E-state index contributed by atoms with van der Waals surface area (Å²) < 4.78 is 5.58. The number of carbonyl (C=O) groups is 1. The van der Waals surface area contributed by atoms with Crippen LogP contribution in [0.4, 0.5) is 0 Å². The highest BCUT2D eigenvalue weighted by Gasteiger charge is 2.47. The summed E-state index contributed by atoms with van der Waals surface area (Å²) in [6.45, 7) is 2.98. The first-order chi connectivity index (χ1) is 12.5. The molecule has 0 spiro atoms. The minimum absolute atomic E-state index is 0.0807. The van der Waals surface area contributed by atoms with Gasteiger partial charge in [-0.25, -0.2) is 4.79 Å². The van der Waals surface area contributed by atoms with Crippen LogP contribution in [0.15, 0.2) is 42.7 Å². The summed E-state index contributed by atoms with van der Waals surface area (Å²) in [5.41, 5.74) is -0.906. The SMILES string of the molecule is CC1N(C)C=CN1CCOC(=O)C(O)(c1ccccc1)C1CCCCC1. The molecule has 0 amide bonds. The highest BCUT2D eigenvalue weighted by molar-refractivity contribution is 5.81. The Balaban J connectivity index is 1.68. The minimum Gasteiger partial charge on any atom is -0.461 e. The van der Waals surface area contributed by atoms with Crippen molar-refractivity contribution in [2.24, 2.45) is 5.92 Å². The van der Waals surface area contributed by atoms with E-state index in [2.05, 4.69) is 16.7 Å². The molecule has 2 unspecified atom stereocenters. The van der Waals surface area contributed by atoms with E-state index in [9.17, 15) is 9.90 Å². The van der Waals surface area contributed by atoms with Gasteiger partial charge in [0.15, 0.2) is 5.60 Å². The van der Waals surface area contributed by atoms with Gasteiger partial charge in [0.05, 0.1) is 12.7 Å². The molecule has 26 heavy (non-hydrogen) atoms. The summed E-state index contributed by atoms with van der Waals surface area (Å²) >= 11 is 0. The van der Waals surface area contributed by atoms with Gasteiger partial charge >= 0.3 is 5.97 Å². The summed E-state index contributed by atoms with van der Waals surface area (Å²) in [4.78, 5) is 17.2. The van der Waals surface area contributed by atoms with Crippen LogP contribution in [0.3, 0.4) is 0 Å². The Morgan fingerprint density at radius 2 is 1.88 bits per heavy atom. The van der Waals surface area contributed by atoms with Gasteiger partial charge in [-0.3, -0.25) is 0 Å². The molecule has 1 heterocycles. The second-order valence-electron chi connectivity index (χ2n) is 7.44. The highest BCUT2D eigenvalue weighted by atomic mass is 16.5. The zero-order chi connectivity index (χ0) is 18.6. The fourth-order valence-corrected chi connectivity index (χ4v) is 4.02. The fourth-order valence-electron chi connectivity index (χ4n) is 4.02. The van der Waals surface area contributed by atoms with Gasteiger partial charge < -0.3 is 19.6 Å². The predicted molar refractivity (Wildman–Crippen MR) is 101 cm³/mol. The van der Waals surface area contributed by atoms with Crippen molar-refractivity contribution in [2.75, 3.05) is 20.2 Å². The quantitative estimate of drug-likeness (QED) is 0.792. The number of rotatable bonds is 6. The number of ether oxygens (including phenoxy) is 1.